The van der Waals surface area contributed by atoms with Crippen LogP contribution in [0.5, 0.6) is 0 Å². The number of aryl methyl sites for hydroxylation is 1. The summed E-state index contributed by atoms with van der Waals surface area (Å²) >= 11 is 0. The summed E-state index contributed by atoms with van der Waals surface area (Å²) in [6.07, 6.45) is 1.48. The number of carbonyl (C=O) groups is 3. The Kier molecular flexibility index (Phi) is 6.79. The van der Waals surface area contributed by atoms with Crippen LogP contribution in [0.1, 0.15) is 34.6 Å². The molecule has 0 saturated carbocycles. The maximum absolute atomic E-state index is 12.9. The molecule has 0 radical (unpaired) electrons. The van der Waals surface area contributed by atoms with E-state index in [0.29, 0.717) is 49.8 Å². The number of urea groups is 1. The highest BCUT2D eigenvalue weighted by molar-refractivity contribution is 5.95. The summed E-state index contributed by atoms with van der Waals surface area (Å²) in [5.41, 5.74) is 2.82. The number of esters is 1. The summed E-state index contributed by atoms with van der Waals surface area (Å²) in [6, 6.07) is 10.1. The molecule has 4 rings (SSSR count). The summed E-state index contributed by atoms with van der Waals surface area (Å²) in [6.45, 7) is 6.58. The molecule has 174 valence electrons. The van der Waals surface area contributed by atoms with Crippen molar-refractivity contribution in [3.8, 4) is 0 Å². The molecule has 1 aromatic heterocycles. The second-order valence-corrected chi connectivity index (χ2v) is 8.10. The van der Waals surface area contributed by atoms with E-state index in [9.17, 15) is 14.4 Å². The van der Waals surface area contributed by atoms with Gasteiger partial charge in [-0.3, -0.25) is 9.69 Å². The van der Waals surface area contributed by atoms with Crippen LogP contribution in [0.25, 0.3) is 0 Å². The highest BCUT2D eigenvalue weighted by atomic mass is 16.5. The Morgan fingerprint density at radius 2 is 1.85 bits per heavy atom. The number of ether oxygens (including phenoxy) is 1. The first-order valence-electron chi connectivity index (χ1n) is 11.1. The minimum absolute atomic E-state index is 0.138. The van der Waals surface area contributed by atoms with Gasteiger partial charge >= 0.3 is 12.0 Å². The van der Waals surface area contributed by atoms with Crippen LogP contribution in [0.4, 0.5) is 4.79 Å². The van der Waals surface area contributed by atoms with Gasteiger partial charge in [0.2, 0.25) is 0 Å². The standard InChI is InChI=1S/C24H28N4O5/c1-3-32-23(30)20-18(25-24(31)26-21(20)17-8-6-16(2)7-9-17)15-27-10-12-28(13-11-27)22(29)19-5-4-14-33-19/h4-9,14,21H,3,10-13,15H2,1-2H3,(H2,25,26,31)/t21-/m0/s1. The SMILES string of the molecule is CCOC(=O)C1=C(CN2CCN(C(=O)c3ccco3)CC2)NC(=O)N[C@H]1c1ccc(C)cc1. The molecule has 3 amide bonds. The van der Waals surface area contributed by atoms with E-state index in [1.165, 1.54) is 6.26 Å². The van der Waals surface area contributed by atoms with Crippen LogP contribution in [0.3, 0.4) is 0 Å². The highest BCUT2D eigenvalue weighted by Crippen LogP contribution is 2.28. The van der Waals surface area contributed by atoms with Gasteiger partial charge in [-0.2, -0.15) is 0 Å². The van der Waals surface area contributed by atoms with Crippen LogP contribution in [0, 0.1) is 6.92 Å². The molecule has 1 fully saturated rings. The third-order valence-electron chi connectivity index (χ3n) is 5.83. The van der Waals surface area contributed by atoms with E-state index >= 15 is 0 Å². The molecule has 0 aliphatic carbocycles. The molecule has 0 spiro atoms. The maximum Gasteiger partial charge on any atom is 0.338 e. The lowest BCUT2D eigenvalue weighted by atomic mass is 9.94. The lowest BCUT2D eigenvalue weighted by Crippen LogP contribution is -2.52. The molecule has 2 aliphatic heterocycles. The molecule has 2 N–H and O–H groups in total. The largest absolute Gasteiger partial charge is 0.463 e. The van der Waals surface area contributed by atoms with Crippen molar-refractivity contribution in [1.29, 1.82) is 0 Å². The molecule has 0 unspecified atom stereocenters. The first-order chi connectivity index (χ1) is 16.0. The minimum Gasteiger partial charge on any atom is -0.463 e. The van der Waals surface area contributed by atoms with Crippen molar-refractivity contribution in [3.63, 3.8) is 0 Å². The molecular formula is C24H28N4O5. The number of hydrogen-bond donors (Lipinski definition) is 2. The summed E-state index contributed by atoms with van der Waals surface area (Å²) in [5, 5.41) is 5.67. The van der Waals surface area contributed by atoms with Crippen molar-refractivity contribution < 1.29 is 23.5 Å². The van der Waals surface area contributed by atoms with Gasteiger partial charge in [0, 0.05) is 38.4 Å². The number of furan rings is 1. The maximum atomic E-state index is 12.9. The molecule has 1 aromatic carbocycles. The summed E-state index contributed by atoms with van der Waals surface area (Å²) in [5.74, 6) is -0.278. The van der Waals surface area contributed by atoms with Crippen LogP contribution in [0.2, 0.25) is 0 Å². The fourth-order valence-electron chi connectivity index (χ4n) is 4.09. The van der Waals surface area contributed by atoms with Gasteiger partial charge in [0.25, 0.3) is 5.91 Å². The lowest BCUT2D eigenvalue weighted by molar-refractivity contribution is -0.139. The molecular weight excluding hydrogens is 424 g/mol. The van der Waals surface area contributed by atoms with Gasteiger partial charge in [-0.25, -0.2) is 9.59 Å². The Morgan fingerprint density at radius 3 is 2.48 bits per heavy atom. The molecule has 3 heterocycles. The Hall–Kier alpha value is -3.59. The van der Waals surface area contributed by atoms with E-state index in [1.54, 1.807) is 24.0 Å². The van der Waals surface area contributed by atoms with E-state index in [2.05, 4.69) is 15.5 Å². The quantitative estimate of drug-likeness (QED) is 0.652. The van der Waals surface area contributed by atoms with Crippen molar-refractivity contribution in [2.75, 3.05) is 39.3 Å². The average Bonchev–Trinajstić information content (AvgIpc) is 3.34. The lowest BCUT2D eigenvalue weighted by Gasteiger charge is -2.36. The van der Waals surface area contributed by atoms with E-state index in [1.807, 2.05) is 31.2 Å². The van der Waals surface area contributed by atoms with Crippen molar-refractivity contribution in [2.45, 2.75) is 19.9 Å². The predicted molar refractivity (Wildman–Crippen MR) is 120 cm³/mol. The Balaban J connectivity index is 1.53. The van der Waals surface area contributed by atoms with Crippen LogP contribution in [-0.2, 0) is 9.53 Å². The number of hydrogen-bond acceptors (Lipinski definition) is 6. The van der Waals surface area contributed by atoms with Crippen molar-refractivity contribution in [1.82, 2.24) is 20.4 Å². The molecule has 1 atom stereocenters. The van der Waals surface area contributed by atoms with Gasteiger partial charge in [0.1, 0.15) is 0 Å². The molecule has 9 nitrogen and oxygen atoms in total. The Bertz CT molecular complexity index is 1040. The first kappa shape index (κ1) is 22.6. The molecule has 2 aliphatic rings. The highest BCUT2D eigenvalue weighted by Gasteiger charge is 2.35. The van der Waals surface area contributed by atoms with Gasteiger partial charge < -0.3 is 24.7 Å². The second-order valence-electron chi connectivity index (χ2n) is 8.10. The number of rotatable bonds is 6. The summed E-state index contributed by atoms with van der Waals surface area (Å²) < 4.78 is 10.5. The third kappa shape index (κ3) is 5.09. The third-order valence-corrected chi connectivity index (χ3v) is 5.83. The molecule has 9 heteroatoms. The van der Waals surface area contributed by atoms with Crippen LogP contribution in [0.15, 0.2) is 58.3 Å². The minimum atomic E-state index is -0.602. The topological polar surface area (TPSA) is 104 Å². The van der Waals surface area contributed by atoms with Crippen molar-refractivity contribution >= 4 is 17.9 Å². The fourth-order valence-corrected chi connectivity index (χ4v) is 4.09. The predicted octanol–water partition coefficient (Wildman–Crippen LogP) is 2.22. The molecule has 2 aromatic rings. The number of benzene rings is 1. The first-order valence-corrected chi connectivity index (χ1v) is 11.1. The van der Waals surface area contributed by atoms with Crippen LogP contribution >= 0.6 is 0 Å². The van der Waals surface area contributed by atoms with Crippen molar-refractivity contribution in [3.05, 3.63) is 70.8 Å². The number of nitrogens with one attached hydrogen (secondary N) is 2. The Morgan fingerprint density at radius 1 is 1.12 bits per heavy atom. The average molecular weight is 453 g/mol. The number of piperazine rings is 1. The van der Waals surface area contributed by atoms with E-state index < -0.39 is 12.0 Å². The number of amides is 3. The van der Waals surface area contributed by atoms with E-state index in [4.69, 9.17) is 9.15 Å². The monoisotopic (exact) mass is 452 g/mol. The molecule has 33 heavy (non-hydrogen) atoms. The van der Waals surface area contributed by atoms with Gasteiger partial charge in [0.15, 0.2) is 5.76 Å². The molecule has 0 bridgehead atoms. The smallest absolute Gasteiger partial charge is 0.338 e. The van der Waals surface area contributed by atoms with Crippen LogP contribution < -0.4 is 10.6 Å². The molecule has 1 saturated heterocycles. The zero-order chi connectivity index (χ0) is 23.4. The normalized spacial score (nSPS) is 19.2. The van der Waals surface area contributed by atoms with E-state index in [0.717, 1.165) is 11.1 Å². The van der Waals surface area contributed by atoms with Gasteiger partial charge in [-0.1, -0.05) is 29.8 Å². The summed E-state index contributed by atoms with van der Waals surface area (Å²) in [4.78, 5) is 41.8. The van der Waals surface area contributed by atoms with Crippen LogP contribution in [-0.4, -0.2) is 67.0 Å². The fraction of sp³-hybridized carbons (Fsp3) is 0.375. The second kappa shape index (κ2) is 9.91. The summed E-state index contributed by atoms with van der Waals surface area (Å²) in [7, 11) is 0. The zero-order valence-electron chi connectivity index (χ0n) is 18.8. The Labute approximate surface area is 192 Å². The van der Waals surface area contributed by atoms with Gasteiger partial charge in [-0.05, 0) is 31.5 Å². The van der Waals surface area contributed by atoms with Gasteiger partial charge in [0.05, 0.1) is 24.5 Å². The van der Waals surface area contributed by atoms with Gasteiger partial charge in [-0.15, -0.1) is 0 Å². The number of nitrogens with zero attached hydrogens (tertiary/aromatic N) is 2. The van der Waals surface area contributed by atoms with E-state index in [-0.39, 0.29) is 18.5 Å². The van der Waals surface area contributed by atoms with Crippen molar-refractivity contribution in [2.24, 2.45) is 0 Å². The number of carbonyl (C=O) groups excluding carboxylic acids is 3. The zero-order valence-corrected chi connectivity index (χ0v) is 18.8.